The molecule has 1 fully saturated rings. The van der Waals surface area contributed by atoms with Gasteiger partial charge in [-0.2, -0.15) is 0 Å². The summed E-state index contributed by atoms with van der Waals surface area (Å²) < 4.78 is 5.34. The number of nitrogens with one attached hydrogen (secondary N) is 1. The van der Waals surface area contributed by atoms with E-state index in [4.69, 9.17) is 4.74 Å². The summed E-state index contributed by atoms with van der Waals surface area (Å²) in [5, 5.41) is 12.1. The van der Waals surface area contributed by atoms with E-state index in [0.29, 0.717) is 31.9 Å². The minimum absolute atomic E-state index is 0.108. The predicted octanol–water partition coefficient (Wildman–Crippen LogP) is 2.06. The molecule has 2 N–H and O–H groups in total. The van der Waals surface area contributed by atoms with Crippen LogP contribution in [0.3, 0.4) is 0 Å². The number of aliphatic carboxylic acids is 1. The van der Waals surface area contributed by atoms with Gasteiger partial charge in [-0.1, -0.05) is 20.3 Å². The first-order chi connectivity index (χ1) is 9.60. The van der Waals surface area contributed by atoms with Gasteiger partial charge in [0.05, 0.1) is 11.8 Å². The van der Waals surface area contributed by atoms with E-state index < -0.39 is 11.9 Å². The fraction of sp³-hybridized carbons (Fsp3) is 0.867. The van der Waals surface area contributed by atoms with Gasteiger partial charge in [-0.05, 0) is 31.6 Å². The summed E-state index contributed by atoms with van der Waals surface area (Å²) in [5.74, 6) is -1.47. The molecule has 0 aliphatic heterocycles. The van der Waals surface area contributed by atoms with Gasteiger partial charge in [-0.25, -0.2) is 0 Å². The standard InChI is InChI=1S/C15H27NO4/c1-3-7-20-8-5-6-16-14(17)12-9-11(4-2)10-13(12)15(18)19/h11-13H,3-10H2,1-2H3,(H,16,17)(H,18,19). The van der Waals surface area contributed by atoms with Crippen LogP contribution in [0.15, 0.2) is 0 Å². The highest BCUT2D eigenvalue weighted by Gasteiger charge is 2.41. The Morgan fingerprint density at radius 1 is 1.20 bits per heavy atom. The third kappa shape index (κ3) is 5.12. The van der Waals surface area contributed by atoms with Gasteiger partial charge in [0.25, 0.3) is 0 Å². The first-order valence-electron chi connectivity index (χ1n) is 7.68. The topological polar surface area (TPSA) is 75.6 Å². The van der Waals surface area contributed by atoms with Gasteiger partial charge in [0, 0.05) is 19.8 Å². The molecule has 3 unspecified atom stereocenters. The van der Waals surface area contributed by atoms with Gasteiger partial charge >= 0.3 is 5.97 Å². The van der Waals surface area contributed by atoms with Gasteiger partial charge in [0.2, 0.25) is 5.91 Å². The zero-order valence-corrected chi connectivity index (χ0v) is 12.6. The normalized spacial score (nSPS) is 25.6. The Kier molecular flexibility index (Phi) is 7.59. The largest absolute Gasteiger partial charge is 0.481 e. The number of hydrogen-bond acceptors (Lipinski definition) is 3. The molecule has 0 aromatic heterocycles. The highest BCUT2D eigenvalue weighted by atomic mass is 16.5. The van der Waals surface area contributed by atoms with Crippen molar-refractivity contribution >= 4 is 11.9 Å². The van der Waals surface area contributed by atoms with E-state index >= 15 is 0 Å². The molecule has 1 aliphatic carbocycles. The molecule has 0 aromatic carbocycles. The van der Waals surface area contributed by atoms with Crippen LogP contribution >= 0.6 is 0 Å². The fourth-order valence-corrected chi connectivity index (χ4v) is 2.80. The maximum Gasteiger partial charge on any atom is 0.307 e. The van der Waals surface area contributed by atoms with Crippen LogP contribution in [-0.2, 0) is 14.3 Å². The van der Waals surface area contributed by atoms with Crippen molar-refractivity contribution in [1.29, 1.82) is 0 Å². The Morgan fingerprint density at radius 2 is 1.90 bits per heavy atom. The van der Waals surface area contributed by atoms with Crippen molar-refractivity contribution in [3.8, 4) is 0 Å². The van der Waals surface area contributed by atoms with Gasteiger partial charge in [0.1, 0.15) is 0 Å². The first kappa shape index (κ1) is 17.0. The molecular weight excluding hydrogens is 258 g/mol. The monoisotopic (exact) mass is 285 g/mol. The van der Waals surface area contributed by atoms with Crippen molar-refractivity contribution in [2.45, 2.75) is 46.0 Å². The first-order valence-corrected chi connectivity index (χ1v) is 7.68. The number of hydrogen-bond donors (Lipinski definition) is 2. The van der Waals surface area contributed by atoms with E-state index in [9.17, 15) is 14.7 Å². The average molecular weight is 285 g/mol. The maximum atomic E-state index is 12.1. The molecule has 5 nitrogen and oxygen atoms in total. The number of carbonyl (C=O) groups is 2. The highest BCUT2D eigenvalue weighted by Crippen LogP contribution is 2.38. The minimum atomic E-state index is -0.840. The summed E-state index contributed by atoms with van der Waals surface area (Å²) >= 11 is 0. The van der Waals surface area contributed by atoms with E-state index in [2.05, 4.69) is 19.2 Å². The molecule has 0 saturated heterocycles. The lowest BCUT2D eigenvalue weighted by atomic mass is 9.95. The quantitative estimate of drug-likeness (QED) is 0.636. The van der Waals surface area contributed by atoms with Crippen molar-refractivity contribution < 1.29 is 19.4 Å². The second kappa shape index (κ2) is 8.95. The summed E-state index contributed by atoms with van der Waals surface area (Å²) in [6.45, 7) is 6.05. The SMILES string of the molecule is CCCOCCCNC(=O)C1CC(CC)CC1C(=O)O. The summed E-state index contributed by atoms with van der Waals surface area (Å²) in [5.41, 5.74) is 0. The lowest BCUT2D eigenvalue weighted by Gasteiger charge is -2.15. The molecule has 0 spiro atoms. The molecule has 0 bridgehead atoms. The van der Waals surface area contributed by atoms with Crippen LogP contribution < -0.4 is 5.32 Å². The molecule has 1 rings (SSSR count). The van der Waals surface area contributed by atoms with E-state index in [0.717, 1.165) is 25.9 Å². The third-order valence-corrected chi connectivity index (χ3v) is 4.00. The van der Waals surface area contributed by atoms with Crippen molar-refractivity contribution in [3.05, 3.63) is 0 Å². The molecule has 1 amide bonds. The molecule has 3 atom stereocenters. The molecule has 1 saturated carbocycles. The van der Waals surface area contributed by atoms with Crippen LogP contribution in [-0.4, -0.2) is 36.7 Å². The summed E-state index contributed by atoms with van der Waals surface area (Å²) in [6.07, 6.45) is 4.04. The lowest BCUT2D eigenvalue weighted by molar-refractivity contribution is -0.146. The molecule has 0 heterocycles. The van der Waals surface area contributed by atoms with Gasteiger partial charge in [-0.3, -0.25) is 9.59 Å². The van der Waals surface area contributed by atoms with Crippen molar-refractivity contribution in [1.82, 2.24) is 5.32 Å². The van der Waals surface area contributed by atoms with E-state index in [1.165, 1.54) is 0 Å². The number of amides is 1. The predicted molar refractivity (Wildman–Crippen MR) is 76.4 cm³/mol. The Balaban J connectivity index is 2.32. The smallest absolute Gasteiger partial charge is 0.307 e. The highest BCUT2D eigenvalue weighted by molar-refractivity contribution is 5.85. The molecule has 0 aromatic rings. The van der Waals surface area contributed by atoms with Crippen LogP contribution in [0.25, 0.3) is 0 Å². The van der Waals surface area contributed by atoms with E-state index in [1.54, 1.807) is 0 Å². The summed E-state index contributed by atoms with van der Waals surface area (Å²) in [7, 11) is 0. The Morgan fingerprint density at radius 3 is 2.50 bits per heavy atom. The Labute approximate surface area is 121 Å². The molecular formula is C15H27NO4. The number of rotatable bonds is 9. The zero-order chi connectivity index (χ0) is 15.0. The van der Waals surface area contributed by atoms with Crippen LogP contribution in [0, 0.1) is 17.8 Å². The second-order valence-corrected chi connectivity index (χ2v) is 5.55. The molecule has 5 heteroatoms. The average Bonchev–Trinajstić information content (AvgIpc) is 2.87. The van der Waals surface area contributed by atoms with E-state index in [1.807, 2.05) is 0 Å². The zero-order valence-electron chi connectivity index (χ0n) is 12.6. The van der Waals surface area contributed by atoms with Crippen LogP contribution in [0.2, 0.25) is 0 Å². The number of carbonyl (C=O) groups excluding carboxylic acids is 1. The maximum absolute atomic E-state index is 12.1. The molecule has 0 radical (unpaired) electrons. The Hall–Kier alpha value is -1.10. The number of carboxylic acid groups (broad SMARTS) is 1. The minimum Gasteiger partial charge on any atom is -0.481 e. The fourth-order valence-electron chi connectivity index (χ4n) is 2.80. The van der Waals surface area contributed by atoms with E-state index in [-0.39, 0.29) is 11.8 Å². The number of ether oxygens (including phenoxy) is 1. The molecule has 116 valence electrons. The van der Waals surface area contributed by atoms with Crippen LogP contribution in [0.5, 0.6) is 0 Å². The molecule has 20 heavy (non-hydrogen) atoms. The van der Waals surface area contributed by atoms with Gasteiger partial charge in [0.15, 0.2) is 0 Å². The van der Waals surface area contributed by atoms with Crippen molar-refractivity contribution in [3.63, 3.8) is 0 Å². The lowest BCUT2D eigenvalue weighted by Crippen LogP contribution is -2.36. The molecule has 1 aliphatic rings. The van der Waals surface area contributed by atoms with Crippen LogP contribution in [0.4, 0.5) is 0 Å². The summed E-state index contributed by atoms with van der Waals surface area (Å²) in [6, 6.07) is 0. The Bertz CT molecular complexity index is 319. The van der Waals surface area contributed by atoms with Gasteiger partial charge in [-0.15, -0.1) is 0 Å². The number of carboxylic acids is 1. The summed E-state index contributed by atoms with van der Waals surface area (Å²) in [4.78, 5) is 23.3. The second-order valence-electron chi connectivity index (χ2n) is 5.55. The van der Waals surface area contributed by atoms with Crippen molar-refractivity contribution in [2.75, 3.05) is 19.8 Å². The van der Waals surface area contributed by atoms with Crippen LogP contribution in [0.1, 0.15) is 46.0 Å². The van der Waals surface area contributed by atoms with Crippen molar-refractivity contribution in [2.24, 2.45) is 17.8 Å². The third-order valence-electron chi connectivity index (χ3n) is 4.00. The van der Waals surface area contributed by atoms with Gasteiger partial charge < -0.3 is 15.2 Å².